The van der Waals surface area contributed by atoms with Gasteiger partial charge in [-0.1, -0.05) is 30.2 Å². The highest BCUT2D eigenvalue weighted by molar-refractivity contribution is 7.99. The molecular formula is C21H21N3O4S. The minimum atomic E-state index is -0.199. The third kappa shape index (κ3) is 5.08. The van der Waals surface area contributed by atoms with Crippen molar-refractivity contribution in [3.05, 3.63) is 59.5 Å². The maximum atomic E-state index is 12.2. The van der Waals surface area contributed by atoms with Crippen molar-refractivity contribution in [1.82, 2.24) is 10.2 Å². The molecule has 4 rings (SSSR count). The number of carbonyl (C=O) groups is 1. The van der Waals surface area contributed by atoms with Crippen LogP contribution in [-0.4, -0.2) is 35.1 Å². The van der Waals surface area contributed by atoms with Crippen LogP contribution in [0.3, 0.4) is 0 Å². The molecule has 1 amide bonds. The number of carbonyl (C=O) groups excluding carboxylic acids is 1. The molecule has 29 heavy (non-hydrogen) atoms. The predicted molar refractivity (Wildman–Crippen MR) is 110 cm³/mol. The number of fused-ring (bicyclic) bond motifs is 1. The lowest BCUT2D eigenvalue weighted by Crippen LogP contribution is -2.15. The summed E-state index contributed by atoms with van der Waals surface area (Å²) in [6.07, 6.45) is 0.688. The van der Waals surface area contributed by atoms with Crippen LogP contribution in [0.2, 0.25) is 0 Å². The molecule has 0 spiro atoms. The first-order chi connectivity index (χ1) is 14.2. The molecule has 3 aromatic rings. The zero-order chi connectivity index (χ0) is 20.1. The summed E-state index contributed by atoms with van der Waals surface area (Å²) in [5, 5.41) is 10.6. The van der Waals surface area contributed by atoms with Crippen LogP contribution < -0.4 is 14.8 Å². The molecule has 1 N–H and O–H groups in total. The van der Waals surface area contributed by atoms with E-state index >= 15 is 0 Å². The Balaban J connectivity index is 1.33. The molecule has 1 aliphatic heterocycles. The van der Waals surface area contributed by atoms with E-state index in [0.29, 0.717) is 31.3 Å². The molecule has 1 aromatic heterocycles. The first-order valence-electron chi connectivity index (χ1n) is 9.42. The van der Waals surface area contributed by atoms with Crippen molar-refractivity contribution < 1.29 is 18.7 Å². The number of hydrogen-bond acceptors (Lipinski definition) is 7. The SMILES string of the molecule is CCSc1ccc(CC(=O)Nc2nnc(Cc3ccc4c(c3)OCCO4)o2)cc1. The van der Waals surface area contributed by atoms with Crippen LogP contribution >= 0.6 is 11.8 Å². The average Bonchev–Trinajstić information content (AvgIpc) is 3.16. The van der Waals surface area contributed by atoms with E-state index in [4.69, 9.17) is 13.9 Å². The molecule has 8 heteroatoms. The summed E-state index contributed by atoms with van der Waals surface area (Å²) in [6, 6.07) is 13.8. The third-order valence-electron chi connectivity index (χ3n) is 4.27. The summed E-state index contributed by atoms with van der Waals surface area (Å²) in [6.45, 7) is 3.20. The number of amides is 1. The van der Waals surface area contributed by atoms with E-state index in [1.54, 1.807) is 11.8 Å². The van der Waals surface area contributed by atoms with E-state index in [9.17, 15) is 4.79 Å². The molecule has 0 bridgehead atoms. The number of benzene rings is 2. The van der Waals surface area contributed by atoms with Crippen LogP contribution in [0.5, 0.6) is 11.5 Å². The van der Waals surface area contributed by atoms with Crippen LogP contribution in [0.4, 0.5) is 6.01 Å². The molecule has 0 unspecified atom stereocenters. The fraction of sp³-hybridized carbons (Fsp3) is 0.286. The number of rotatable bonds is 7. The Hall–Kier alpha value is -3.00. The van der Waals surface area contributed by atoms with Crippen LogP contribution in [0.1, 0.15) is 23.9 Å². The number of thioether (sulfide) groups is 1. The lowest BCUT2D eigenvalue weighted by Gasteiger charge is -2.18. The van der Waals surface area contributed by atoms with Gasteiger partial charge in [0.05, 0.1) is 12.8 Å². The number of anilines is 1. The molecule has 0 aliphatic carbocycles. The summed E-state index contributed by atoms with van der Waals surface area (Å²) in [7, 11) is 0. The predicted octanol–water partition coefficient (Wildman–Crippen LogP) is 3.72. The standard InChI is InChI=1S/C21H21N3O4S/c1-2-29-16-6-3-14(4-7-16)12-19(25)22-21-24-23-20(28-21)13-15-5-8-17-18(11-15)27-10-9-26-17/h3-8,11H,2,9-10,12-13H2,1H3,(H,22,24,25). The first-order valence-corrected chi connectivity index (χ1v) is 10.4. The van der Waals surface area contributed by atoms with Gasteiger partial charge in [0.25, 0.3) is 0 Å². The highest BCUT2D eigenvalue weighted by Gasteiger charge is 2.14. The number of hydrogen-bond donors (Lipinski definition) is 1. The second kappa shape index (κ2) is 9.00. The monoisotopic (exact) mass is 411 g/mol. The van der Waals surface area contributed by atoms with Gasteiger partial charge >= 0.3 is 6.01 Å². The molecule has 2 aromatic carbocycles. The Labute approximate surface area is 172 Å². The van der Waals surface area contributed by atoms with Gasteiger partial charge < -0.3 is 13.9 Å². The van der Waals surface area contributed by atoms with Crippen LogP contribution in [-0.2, 0) is 17.6 Å². The highest BCUT2D eigenvalue weighted by atomic mass is 32.2. The van der Waals surface area contributed by atoms with Crippen LogP contribution in [0.25, 0.3) is 0 Å². The van der Waals surface area contributed by atoms with E-state index < -0.39 is 0 Å². The summed E-state index contributed by atoms with van der Waals surface area (Å²) >= 11 is 1.77. The van der Waals surface area contributed by atoms with Crippen molar-refractivity contribution in [1.29, 1.82) is 0 Å². The quantitative estimate of drug-likeness (QED) is 0.593. The zero-order valence-electron chi connectivity index (χ0n) is 16.0. The van der Waals surface area contributed by atoms with Crippen molar-refractivity contribution in [3.8, 4) is 11.5 Å². The smallest absolute Gasteiger partial charge is 0.322 e. The van der Waals surface area contributed by atoms with Gasteiger partial charge in [0.15, 0.2) is 11.5 Å². The Bertz CT molecular complexity index is 988. The number of aromatic nitrogens is 2. The van der Waals surface area contributed by atoms with Crippen LogP contribution in [0.15, 0.2) is 51.8 Å². The highest BCUT2D eigenvalue weighted by Crippen LogP contribution is 2.31. The Morgan fingerprint density at radius 2 is 1.79 bits per heavy atom. The van der Waals surface area contributed by atoms with E-state index in [2.05, 4.69) is 22.4 Å². The second-order valence-electron chi connectivity index (χ2n) is 6.46. The maximum Gasteiger partial charge on any atom is 0.322 e. The van der Waals surface area contributed by atoms with Gasteiger partial charge in [-0.2, -0.15) is 0 Å². The normalized spacial score (nSPS) is 12.6. The summed E-state index contributed by atoms with van der Waals surface area (Å²) in [4.78, 5) is 13.4. The van der Waals surface area contributed by atoms with Gasteiger partial charge in [-0.3, -0.25) is 10.1 Å². The van der Waals surface area contributed by atoms with Crippen molar-refractivity contribution in [3.63, 3.8) is 0 Å². The van der Waals surface area contributed by atoms with Crippen molar-refractivity contribution in [2.45, 2.75) is 24.7 Å². The van der Waals surface area contributed by atoms with Crippen LogP contribution in [0, 0.1) is 0 Å². The van der Waals surface area contributed by atoms with Gasteiger partial charge in [-0.15, -0.1) is 16.9 Å². The van der Waals surface area contributed by atoms with Crippen molar-refractivity contribution in [2.24, 2.45) is 0 Å². The Morgan fingerprint density at radius 1 is 1.03 bits per heavy atom. The maximum absolute atomic E-state index is 12.2. The lowest BCUT2D eigenvalue weighted by atomic mass is 10.1. The first kappa shape index (κ1) is 19.3. The van der Waals surface area contributed by atoms with Gasteiger partial charge in [-0.05, 0) is 41.1 Å². The lowest BCUT2D eigenvalue weighted by molar-refractivity contribution is -0.115. The molecule has 0 fully saturated rings. The molecule has 0 radical (unpaired) electrons. The molecule has 1 aliphatic rings. The molecule has 2 heterocycles. The molecule has 7 nitrogen and oxygen atoms in total. The molecule has 0 atom stereocenters. The number of nitrogens with one attached hydrogen (secondary N) is 1. The Kier molecular flexibility index (Phi) is 6.00. The molecule has 150 valence electrons. The third-order valence-corrected chi connectivity index (χ3v) is 5.17. The largest absolute Gasteiger partial charge is 0.486 e. The van der Waals surface area contributed by atoms with Gasteiger partial charge in [-0.25, -0.2) is 0 Å². The van der Waals surface area contributed by atoms with E-state index in [-0.39, 0.29) is 18.3 Å². The molecule has 0 saturated heterocycles. The minimum Gasteiger partial charge on any atom is -0.486 e. The molecular weight excluding hydrogens is 390 g/mol. The fourth-order valence-electron chi connectivity index (χ4n) is 2.97. The number of ether oxygens (including phenoxy) is 2. The summed E-state index contributed by atoms with van der Waals surface area (Å²) in [5.74, 6) is 2.68. The summed E-state index contributed by atoms with van der Waals surface area (Å²) in [5.41, 5.74) is 1.89. The van der Waals surface area contributed by atoms with Gasteiger partial charge in [0.2, 0.25) is 11.8 Å². The van der Waals surface area contributed by atoms with E-state index in [1.807, 2.05) is 42.5 Å². The fourth-order valence-corrected chi connectivity index (χ4v) is 3.63. The van der Waals surface area contributed by atoms with Crippen molar-refractivity contribution in [2.75, 3.05) is 24.3 Å². The Morgan fingerprint density at radius 3 is 2.59 bits per heavy atom. The van der Waals surface area contributed by atoms with E-state index in [0.717, 1.165) is 22.6 Å². The number of nitrogens with zero attached hydrogens (tertiary/aromatic N) is 2. The van der Waals surface area contributed by atoms with Gasteiger partial charge in [0, 0.05) is 4.90 Å². The summed E-state index contributed by atoms with van der Waals surface area (Å²) < 4.78 is 16.7. The van der Waals surface area contributed by atoms with E-state index in [1.165, 1.54) is 4.90 Å². The topological polar surface area (TPSA) is 86.5 Å². The minimum absolute atomic E-state index is 0.0979. The zero-order valence-corrected chi connectivity index (χ0v) is 16.8. The second-order valence-corrected chi connectivity index (χ2v) is 7.80. The average molecular weight is 411 g/mol. The van der Waals surface area contributed by atoms with Crippen molar-refractivity contribution >= 4 is 23.7 Å². The van der Waals surface area contributed by atoms with Gasteiger partial charge in [0.1, 0.15) is 13.2 Å². The molecule has 0 saturated carbocycles.